The van der Waals surface area contributed by atoms with Crippen LogP contribution in [0.3, 0.4) is 0 Å². The Kier molecular flexibility index (Phi) is 6.79. The van der Waals surface area contributed by atoms with Crippen LogP contribution in [-0.2, 0) is 6.42 Å². The molecule has 6 nitrogen and oxygen atoms in total. The number of amides is 1. The molecule has 33 heavy (non-hydrogen) atoms. The summed E-state index contributed by atoms with van der Waals surface area (Å²) in [5.41, 5.74) is 1.36. The predicted octanol–water partition coefficient (Wildman–Crippen LogP) is 4.89. The highest BCUT2D eigenvalue weighted by Gasteiger charge is 2.56. The second-order valence-corrected chi connectivity index (χ2v) is 10.6. The van der Waals surface area contributed by atoms with E-state index in [1.807, 2.05) is 19.9 Å². The van der Waals surface area contributed by atoms with Crippen LogP contribution in [-0.4, -0.2) is 65.4 Å². The summed E-state index contributed by atoms with van der Waals surface area (Å²) in [4.78, 5) is 17.1. The second-order valence-electron chi connectivity index (χ2n) is 10.6. The van der Waals surface area contributed by atoms with Gasteiger partial charge in [-0.15, -0.1) is 0 Å². The van der Waals surface area contributed by atoms with Gasteiger partial charge in [0.05, 0.1) is 0 Å². The summed E-state index contributed by atoms with van der Waals surface area (Å²) in [7, 11) is 2.07. The van der Waals surface area contributed by atoms with Gasteiger partial charge < -0.3 is 24.4 Å². The van der Waals surface area contributed by atoms with Crippen LogP contribution in [0.25, 0.3) is 0 Å². The van der Waals surface area contributed by atoms with Crippen molar-refractivity contribution in [3.63, 3.8) is 0 Å². The zero-order valence-electron chi connectivity index (χ0n) is 20.9. The van der Waals surface area contributed by atoms with E-state index in [1.54, 1.807) is 4.90 Å². The molecule has 0 spiro atoms. The van der Waals surface area contributed by atoms with E-state index in [-0.39, 0.29) is 12.0 Å². The Morgan fingerprint density at radius 1 is 1.21 bits per heavy atom. The maximum absolute atomic E-state index is 13.1. The molecule has 1 unspecified atom stereocenters. The number of ether oxygens (including phenoxy) is 2. The first kappa shape index (κ1) is 24.1. The summed E-state index contributed by atoms with van der Waals surface area (Å²) in [5, 5.41) is 11.8. The van der Waals surface area contributed by atoms with Gasteiger partial charge in [-0.3, -0.25) is 0 Å². The van der Waals surface area contributed by atoms with Gasteiger partial charge >= 0.3 is 6.09 Å². The maximum Gasteiger partial charge on any atom is 0.415 e. The standard InChI is InChI=1S/C27H40N2O4/c1-6-7-8-9-20-17-22(32-25(30)29-14-12-28(5)13-15-29)24-21-16-19(2)10-11-27(21,31)26(3,4)33-23(24)18-20/h16-18,21,31H,6-15H2,1-5H3/t21?,27-/m0/s1. The van der Waals surface area contributed by atoms with Gasteiger partial charge in [-0.1, -0.05) is 31.4 Å². The fourth-order valence-corrected chi connectivity index (χ4v) is 5.41. The van der Waals surface area contributed by atoms with Crippen LogP contribution < -0.4 is 9.47 Å². The Morgan fingerprint density at radius 2 is 1.94 bits per heavy atom. The summed E-state index contributed by atoms with van der Waals surface area (Å²) < 4.78 is 12.5. The van der Waals surface area contributed by atoms with E-state index in [9.17, 15) is 9.90 Å². The third kappa shape index (κ3) is 4.65. The van der Waals surface area contributed by atoms with Crippen molar-refractivity contribution < 1.29 is 19.4 Å². The predicted molar refractivity (Wildman–Crippen MR) is 130 cm³/mol. The number of carbonyl (C=O) groups is 1. The molecule has 2 aliphatic heterocycles. The largest absolute Gasteiger partial charge is 0.484 e. The van der Waals surface area contributed by atoms with Gasteiger partial charge in [0.25, 0.3) is 0 Å². The zero-order chi connectivity index (χ0) is 23.8. The van der Waals surface area contributed by atoms with Crippen LogP contribution in [0.1, 0.15) is 76.8 Å². The van der Waals surface area contributed by atoms with E-state index in [2.05, 4.69) is 37.9 Å². The first-order valence-corrected chi connectivity index (χ1v) is 12.6. The Bertz CT molecular complexity index is 917. The Morgan fingerprint density at radius 3 is 2.64 bits per heavy atom. The number of aliphatic hydroxyl groups is 1. The number of fused-ring (bicyclic) bond motifs is 3. The number of nitrogens with zero attached hydrogens (tertiary/aromatic N) is 2. The molecule has 1 aromatic carbocycles. The van der Waals surface area contributed by atoms with Gasteiger partial charge in [-0.25, -0.2) is 4.79 Å². The van der Waals surface area contributed by atoms with Crippen molar-refractivity contribution in [2.75, 3.05) is 33.2 Å². The number of carbonyl (C=O) groups excluding carboxylic acids is 1. The maximum atomic E-state index is 13.1. The van der Waals surface area contributed by atoms with Crippen molar-refractivity contribution in [2.24, 2.45) is 0 Å². The van der Waals surface area contributed by atoms with E-state index in [1.165, 1.54) is 5.57 Å². The monoisotopic (exact) mass is 456 g/mol. The molecule has 1 aromatic rings. The van der Waals surface area contributed by atoms with Crippen LogP contribution in [0, 0.1) is 0 Å². The minimum atomic E-state index is -1.06. The molecular weight excluding hydrogens is 416 g/mol. The molecule has 1 N–H and O–H groups in total. The number of rotatable bonds is 5. The van der Waals surface area contributed by atoms with Crippen molar-refractivity contribution >= 4 is 6.09 Å². The number of hydrogen-bond acceptors (Lipinski definition) is 5. The summed E-state index contributed by atoms with van der Waals surface area (Å²) in [6, 6.07) is 4.10. The molecule has 2 heterocycles. The van der Waals surface area contributed by atoms with Gasteiger partial charge in [0.1, 0.15) is 22.7 Å². The third-order valence-corrected chi connectivity index (χ3v) is 7.78. The van der Waals surface area contributed by atoms with E-state index < -0.39 is 11.2 Å². The van der Waals surface area contributed by atoms with Gasteiger partial charge in [-0.2, -0.15) is 0 Å². The molecule has 0 aromatic heterocycles. The van der Waals surface area contributed by atoms with Crippen molar-refractivity contribution in [1.29, 1.82) is 0 Å². The lowest BCUT2D eigenvalue weighted by atomic mass is 9.64. The van der Waals surface area contributed by atoms with E-state index in [0.29, 0.717) is 25.3 Å². The minimum absolute atomic E-state index is 0.273. The SMILES string of the molecule is CCCCCc1cc(OC(=O)N2CCN(C)CC2)c2c(c1)OC(C)(C)[C@]1(O)CCC(C)=CC21. The summed E-state index contributed by atoms with van der Waals surface area (Å²) in [5.74, 6) is 0.994. The number of piperazine rings is 1. The fraction of sp³-hybridized carbons (Fsp3) is 0.667. The van der Waals surface area contributed by atoms with Crippen LogP contribution >= 0.6 is 0 Å². The molecule has 182 valence electrons. The van der Waals surface area contributed by atoms with Crippen LogP contribution in [0.4, 0.5) is 4.79 Å². The lowest BCUT2D eigenvalue weighted by molar-refractivity contribution is -0.144. The lowest BCUT2D eigenvalue weighted by Crippen LogP contribution is -2.60. The smallest absolute Gasteiger partial charge is 0.415 e. The minimum Gasteiger partial charge on any atom is -0.484 e. The van der Waals surface area contributed by atoms with Crippen LogP contribution in [0.5, 0.6) is 11.5 Å². The quantitative estimate of drug-likeness (QED) is 0.505. The number of benzene rings is 1. The molecule has 1 aliphatic carbocycles. The number of aryl methyl sites for hydroxylation is 1. The van der Waals surface area contributed by atoms with Crippen molar-refractivity contribution in [3.05, 3.63) is 34.9 Å². The number of allylic oxidation sites excluding steroid dienone is 1. The van der Waals surface area contributed by atoms with Gasteiger partial charge in [0.2, 0.25) is 0 Å². The second kappa shape index (κ2) is 9.30. The van der Waals surface area contributed by atoms with Gasteiger partial charge in [-0.05, 0) is 71.2 Å². The molecule has 0 radical (unpaired) electrons. The number of unbranched alkanes of at least 4 members (excludes halogenated alkanes) is 2. The number of hydrogen-bond donors (Lipinski definition) is 1. The van der Waals surface area contributed by atoms with Gasteiger partial charge in [0.15, 0.2) is 0 Å². The molecule has 2 atom stereocenters. The Hall–Kier alpha value is -2.05. The molecule has 0 saturated carbocycles. The average molecular weight is 457 g/mol. The van der Waals surface area contributed by atoms with Crippen molar-refractivity contribution in [2.45, 2.75) is 83.3 Å². The highest BCUT2D eigenvalue weighted by Crippen LogP contribution is 2.56. The van der Waals surface area contributed by atoms with Crippen LogP contribution in [0.15, 0.2) is 23.8 Å². The molecule has 1 amide bonds. The summed E-state index contributed by atoms with van der Waals surface area (Å²) >= 11 is 0. The van der Waals surface area contributed by atoms with Crippen molar-refractivity contribution in [1.82, 2.24) is 9.80 Å². The van der Waals surface area contributed by atoms with E-state index >= 15 is 0 Å². The molecule has 1 saturated heterocycles. The first-order chi connectivity index (χ1) is 15.6. The molecule has 6 heteroatoms. The molecule has 0 bridgehead atoms. The summed E-state index contributed by atoms with van der Waals surface area (Å²) in [6.45, 7) is 11.2. The number of likely N-dealkylation sites (N-methyl/N-ethyl adjacent to an activating group) is 1. The molecule has 1 fully saturated rings. The molecule has 3 aliphatic rings. The highest BCUT2D eigenvalue weighted by molar-refractivity contribution is 5.72. The zero-order valence-corrected chi connectivity index (χ0v) is 20.9. The Labute approximate surface area is 198 Å². The summed E-state index contributed by atoms with van der Waals surface area (Å²) in [6.07, 6.45) is 7.59. The first-order valence-electron chi connectivity index (χ1n) is 12.6. The third-order valence-electron chi connectivity index (χ3n) is 7.78. The molecule has 4 rings (SSSR count). The van der Waals surface area contributed by atoms with Crippen LogP contribution in [0.2, 0.25) is 0 Å². The average Bonchev–Trinajstić information content (AvgIpc) is 2.75. The lowest BCUT2D eigenvalue weighted by Gasteiger charge is -2.52. The van der Waals surface area contributed by atoms with E-state index in [4.69, 9.17) is 9.47 Å². The van der Waals surface area contributed by atoms with Gasteiger partial charge in [0, 0.05) is 37.7 Å². The highest BCUT2D eigenvalue weighted by atomic mass is 16.6. The topological polar surface area (TPSA) is 62.2 Å². The Balaban J connectivity index is 1.74. The van der Waals surface area contributed by atoms with E-state index in [0.717, 1.165) is 62.1 Å². The normalized spacial score (nSPS) is 26.7. The molecular formula is C27H40N2O4. The van der Waals surface area contributed by atoms with Crippen molar-refractivity contribution in [3.8, 4) is 11.5 Å². The fourth-order valence-electron chi connectivity index (χ4n) is 5.41.